The molecule has 0 unspecified atom stereocenters. The van der Waals surface area contributed by atoms with Gasteiger partial charge in [0.1, 0.15) is 5.75 Å². The van der Waals surface area contributed by atoms with Gasteiger partial charge in [0.2, 0.25) is 11.8 Å². The van der Waals surface area contributed by atoms with Gasteiger partial charge in [0.15, 0.2) is 0 Å². The monoisotopic (exact) mass is 309 g/mol. The Morgan fingerprint density at radius 3 is 1.91 bits per heavy atom. The van der Waals surface area contributed by atoms with Crippen LogP contribution in [-0.2, 0) is 9.59 Å². The van der Waals surface area contributed by atoms with Crippen LogP contribution >= 0.6 is 0 Å². The smallest absolute Gasteiger partial charge is 0.238 e. The van der Waals surface area contributed by atoms with E-state index >= 15 is 0 Å². The first-order chi connectivity index (χ1) is 11.0. The Bertz CT molecular complexity index is 721. The second kappa shape index (κ2) is 4.82. The first-order valence-electron chi connectivity index (χ1n) is 7.92. The molecule has 2 bridgehead atoms. The fraction of sp³-hybridized carbons (Fsp3) is 0.368. The average Bonchev–Trinajstić information content (AvgIpc) is 3.18. The highest BCUT2D eigenvalue weighted by Crippen LogP contribution is 2.57. The molecule has 2 fully saturated rings. The van der Waals surface area contributed by atoms with Crippen molar-refractivity contribution < 1.29 is 14.3 Å². The lowest BCUT2D eigenvalue weighted by Gasteiger charge is -2.19. The Balaban J connectivity index is 1.72. The lowest BCUT2D eigenvalue weighted by molar-refractivity contribution is -0.122. The molecular formula is C19H19NO3. The van der Waals surface area contributed by atoms with E-state index in [2.05, 4.69) is 26.0 Å². The van der Waals surface area contributed by atoms with E-state index in [-0.39, 0.29) is 35.5 Å². The van der Waals surface area contributed by atoms with Crippen LogP contribution in [0.2, 0.25) is 0 Å². The summed E-state index contributed by atoms with van der Waals surface area (Å²) in [5, 5.41) is 0. The number of fused-ring (bicyclic) bond motifs is 5. The highest BCUT2D eigenvalue weighted by atomic mass is 16.5. The summed E-state index contributed by atoms with van der Waals surface area (Å²) in [5.41, 5.74) is 3.14. The molecule has 0 aromatic heterocycles. The van der Waals surface area contributed by atoms with E-state index in [0.717, 1.165) is 0 Å². The van der Waals surface area contributed by atoms with E-state index in [0.29, 0.717) is 11.4 Å². The number of rotatable bonds is 2. The van der Waals surface area contributed by atoms with Gasteiger partial charge in [-0.25, -0.2) is 4.90 Å². The van der Waals surface area contributed by atoms with Gasteiger partial charge < -0.3 is 4.74 Å². The normalized spacial score (nSPS) is 31.1. The number of methoxy groups -OCH3 is 1. The van der Waals surface area contributed by atoms with Crippen molar-refractivity contribution in [2.75, 3.05) is 12.0 Å². The molecule has 3 aliphatic rings. The maximum absolute atomic E-state index is 12.9. The maximum Gasteiger partial charge on any atom is 0.238 e. The fourth-order valence-corrected chi connectivity index (χ4v) is 4.42. The Kier molecular flexibility index (Phi) is 2.98. The number of imide groups is 1. The number of carbonyl (C=O) groups excluding carboxylic acids is 2. The van der Waals surface area contributed by atoms with E-state index in [4.69, 9.17) is 4.74 Å². The Morgan fingerprint density at radius 1 is 0.957 bits per heavy atom. The van der Waals surface area contributed by atoms with Gasteiger partial charge in [-0.15, -0.1) is 0 Å². The fourth-order valence-electron chi connectivity index (χ4n) is 4.42. The van der Waals surface area contributed by atoms with E-state index in [9.17, 15) is 9.59 Å². The number of amides is 2. The van der Waals surface area contributed by atoms with Crippen molar-refractivity contribution in [2.24, 2.45) is 23.7 Å². The number of carbonyl (C=O) groups is 2. The van der Waals surface area contributed by atoms with Crippen LogP contribution in [0.15, 0.2) is 47.6 Å². The molecule has 2 amide bonds. The molecule has 1 aromatic carbocycles. The van der Waals surface area contributed by atoms with Crippen molar-refractivity contribution in [1.82, 2.24) is 0 Å². The Labute approximate surface area is 135 Å². The van der Waals surface area contributed by atoms with Crippen molar-refractivity contribution in [2.45, 2.75) is 13.8 Å². The van der Waals surface area contributed by atoms with Crippen molar-refractivity contribution in [3.63, 3.8) is 0 Å². The Hall–Kier alpha value is -2.36. The third-order valence-corrected chi connectivity index (χ3v) is 5.32. The largest absolute Gasteiger partial charge is 0.497 e. The lowest BCUT2D eigenvalue weighted by Crippen LogP contribution is -2.33. The van der Waals surface area contributed by atoms with Crippen LogP contribution in [-0.4, -0.2) is 18.9 Å². The maximum atomic E-state index is 12.9. The van der Waals surface area contributed by atoms with Crippen LogP contribution in [0.25, 0.3) is 0 Å². The van der Waals surface area contributed by atoms with Gasteiger partial charge >= 0.3 is 0 Å². The summed E-state index contributed by atoms with van der Waals surface area (Å²) in [7, 11) is 1.59. The summed E-state index contributed by atoms with van der Waals surface area (Å²) in [6.07, 6.45) is 4.22. The van der Waals surface area contributed by atoms with Gasteiger partial charge in [-0.05, 0) is 38.1 Å². The summed E-state index contributed by atoms with van der Waals surface area (Å²) in [6, 6.07) is 7.09. The minimum absolute atomic E-state index is 0.0687. The van der Waals surface area contributed by atoms with Crippen LogP contribution < -0.4 is 9.64 Å². The molecule has 2 aliphatic carbocycles. The third kappa shape index (κ3) is 1.78. The lowest BCUT2D eigenvalue weighted by atomic mass is 9.85. The van der Waals surface area contributed by atoms with Crippen LogP contribution in [0.1, 0.15) is 13.8 Å². The zero-order chi connectivity index (χ0) is 16.3. The van der Waals surface area contributed by atoms with E-state index in [1.54, 1.807) is 31.4 Å². The second-order valence-corrected chi connectivity index (χ2v) is 6.65. The molecule has 1 aromatic rings. The van der Waals surface area contributed by atoms with Crippen molar-refractivity contribution >= 4 is 17.5 Å². The predicted molar refractivity (Wildman–Crippen MR) is 87.0 cm³/mol. The van der Waals surface area contributed by atoms with Gasteiger partial charge in [-0.1, -0.05) is 23.3 Å². The van der Waals surface area contributed by atoms with Gasteiger partial charge in [0.25, 0.3) is 0 Å². The van der Waals surface area contributed by atoms with Crippen LogP contribution in [0.3, 0.4) is 0 Å². The molecule has 1 saturated heterocycles. The highest BCUT2D eigenvalue weighted by Gasteiger charge is 2.61. The number of nitrogens with zero attached hydrogens (tertiary/aromatic N) is 1. The van der Waals surface area contributed by atoms with Crippen molar-refractivity contribution in [3.05, 3.63) is 47.6 Å². The first kappa shape index (κ1) is 14.2. The number of benzene rings is 1. The van der Waals surface area contributed by atoms with E-state index in [1.807, 2.05) is 0 Å². The molecule has 23 heavy (non-hydrogen) atoms. The van der Waals surface area contributed by atoms with Gasteiger partial charge in [0, 0.05) is 11.8 Å². The standard InChI is InChI=1S/C19H19NO3/c1-10(2)15-13-8-9-14(15)17-16(13)18(21)20(19(17)22)11-4-6-12(23-3)7-5-11/h4-9,13-14,16-17H,1-3H3/t13-,14-,16-,17-/m1/s1. The molecule has 4 heteroatoms. The zero-order valence-electron chi connectivity index (χ0n) is 13.4. The van der Waals surface area contributed by atoms with Crippen LogP contribution in [0, 0.1) is 23.7 Å². The summed E-state index contributed by atoms with van der Waals surface area (Å²) < 4.78 is 5.14. The minimum atomic E-state index is -0.232. The number of hydrogen-bond acceptors (Lipinski definition) is 3. The summed E-state index contributed by atoms with van der Waals surface area (Å²) in [5.74, 6) is 0.293. The van der Waals surface area contributed by atoms with Crippen molar-refractivity contribution in [3.8, 4) is 5.75 Å². The number of hydrogen-bond donors (Lipinski definition) is 0. The molecule has 1 aliphatic heterocycles. The highest BCUT2D eigenvalue weighted by molar-refractivity contribution is 6.23. The SMILES string of the molecule is COc1ccc(N2C(=O)[C@H]3[C@H](C2=O)[C@@H]2C=C[C@@H]3C2=C(C)C)cc1. The minimum Gasteiger partial charge on any atom is -0.497 e. The van der Waals surface area contributed by atoms with Crippen LogP contribution in [0.4, 0.5) is 5.69 Å². The third-order valence-electron chi connectivity index (χ3n) is 5.32. The molecule has 0 radical (unpaired) electrons. The molecule has 1 saturated carbocycles. The first-order valence-corrected chi connectivity index (χ1v) is 7.92. The Morgan fingerprint density at radius 2 is 1.48 bits per heavy atom. The van der Waals surface area contributed by atoms with Gasteiger partial charge in [0.05, 0.1) is 24.6 Å². The molecule has 0 spiro atoms. The van der Waals surface area contributed by atoms with Gasteiger partial charge in [-0.3, -0.25) is 9.59 Å². The molecule has 118 valence electrons. The zero-order valence-corrected chi connectivity index (χ0v) is 13.4. The van der Waals surface area contributed by atoms with E-state index < -0.39 is 0 Å². The molecular weight excluding hydrogens is 290 g/mol. The molecule has 4 rings (SSSR count). The van der Waals surface area contributed by atoms with Crippen molar-refractivity contribution in [1.29, 1.82) is 0 Å². The van der Waals surface area contributed by atoms with Gasteiger partial charge in [-0.2, -0.15) is 0 Å². The number of ether oxygens (including phenoxy) is 1. The summed E-state index contributed by atoms with van der Waals surface area (Å²) >= 11 is 0. The number of allylic oxidation sites excluding steroid dienone is 4. The molecule has 0 N–H and O–H groups in total. The van der Waals surface area contributed by atoms with Crippen LogP contribution in [0.5, 0.6) is 5.75 Å². The number of anilines is 1. The average molecular weight is 309 g/mol. The van der Waals surface area contributed by atoms with E-state index in [1.165, 1.54) is 16.0 Å². The quantitative estimate of drug-likeness (QED) is 0.623. The summed E-state index contributed by atoms with van der Waals surface area (Å²) in [4.78, 5) is 27.2. The summed E-state index contributed by atoms with van der Waals surface area (Å²) in [6.45, 7) is 4.14. The topological polar surface area (TPSA) is 46.6 Å². The molecule has 4 nitrogen and oxygen atoms in total. The second-order valence-electron chi connectivity index (χ2n) is 6.65. The molecule has 4 atom stereocenters. The molecule has 1 heterocycles. The predicted octanol–water partition coefficient (Wildman–Crippen LogP) is 2.95.